The molecule has 12 heteroatoms. The molecule has 0 radical (unpaired) electrons. The zero-order chi connectivity index (χ0) is 36.2. The average molecular weight is 719 g/mol. The molecule has 0 unspecified atom stereocenters. The maximum atomic E-state index is 14.9. The molecule has 0 bridgehead atoms. The normalized spacial score (nSPS) is 27.1. The van der Waals surface area contributed by atoms with E-state index in [0.717, 1.165) is 52.5 Å². The molecule has 4 aliphatic heterocycles. The number of amides is 2. The van der Waals surface area contributed by atoms with E-state index in [4.69, 9.17) is 14.7 Å². The van der Waals surface area contributed by atoms with E-state index in [2.05, 4.69) is 52.1 Å². The Morgan fingerprint density at radius 3 is 2.45 bits per heavy atom. The SMILES string of the molecule is CC(C)n1cnc2cc(-c3ccc4c(c3)N([C@H]3C[C@@H](N5C[C@H]6CC[C@H]6C5)C3)C(=O)C43CCN(C(=O)C4(C)COC4)CC3)nc(Nc3ccncc3F)c21. The van der Waals surface area contributed by atoms with Gasteiger partial charge in [-0.2, -0.15) is 0 Å². The number of anilines is 3. The molecule has 4 aromatic rings. The van der Waals surface area contributed by atoms with E-state index >= 15 is 0 Å². The van der Waals surface area contributed by atoms with E-state index < -0.39 is 16.6 Å². The molecule has 5 fully saturated rings. The van der Waals surface area contributed by atoms with E-state index in [0.29, 0.717) is 56.7 Å². The van der Waals surface area contributed by atoms with Gasteiger partial charge in [-0.05, 0) is 94.9 Å². The number of halogens is 1. The smallest absolute Gasteiger partial charge is 0.238 e. The largest absolute Gasteiger partial charge is 0.379 e. The van der Waals surface area contributed by atoms with Crippen molar-refractivity contribution in [1.29, 1.82) is 0 Å². The number of aromatic nitrogens is 4. The number of carbonyl (C=O) groups excluding carboxylic acids is 2. The van der Waals surface area contributed by atoms with Crippen molar-refractivity contribution >= 4 is 40.0 Å². The van der Waals surface area contributed by atoms with Crippen LogP contribution in [0.25, 0.3) is 22.3 Å². The Morgan fingerprint density at radius 2 is 1.79 bits per heavy atom. The summed E-state index contributed by atoms with van der Waals surface area (Å²) in [5.41, 5.74) is 4.26. The van der Waals surface area contributed by atoms with E-state index in [-0.39, 0.29) is 29.6 Å². The van der Waals surface area contributed by atoms with Crippen LogP contribution in [0.4, 0.5) is 21.6 Å². The zero-order valence-corrected chi connectivity index (χ0v) is 30.7. The number of piperidine rings is 1. The Balaban J connectivity index is 1.01. The monoisotopic (exact) mass is 718 g/mol. The second-order valence-corrected chi connectivity index (χ2v) is 17.1. The summed E-state index contributed by atoms with van der Waals surface area (Å²) in [4.78, 5) is 48.9. The van der Waals surface area contributed by atoms with Gasteiger partial charge >= 0.3 is 0 Å². The highest BCUT2D eigenvalue weighted by Crippen LogP contribution is 2.53. The number of rotatable bonds is 7. The van der Waals surface area contributed by atoms with Crippen molar-refractivity contribution in [2.75, 3.05) is 49.6 Å². The second-order valence-electron chi connectivity index (χ2n) is 17.1. The number of ether oxygens (including phenoxy) is 1. The van der Waals surface area contributed by atoms with Gasteiger partial charge < -0.3 is 24.4 Å². The topological polar surface area (TPSA) is 109 Å². The van der Waals surface area contributed by atoms with Crippen LogP contribution < -0.4 is 10.2 Å². The van der Waals surface area contributed by atoms with Crippen molar-refractivity contribution in [1.82, 2.24) is 29.3 Å². The Labute approximate surface area is 308 Å². The van der Waals surface area contributed by atoms with Crippen LogP contribution in [-0.2, 0) is 19.7 Å². The first kappa shape index (κ1) is 33.2. The number of nitrogens with zero attached hydrogens (tertiary/aromatic N) is 7. The van der Waals surface area contributed by atoms with Crippen LogP contribution in [0.1, 0.15) is 70.9 Å². The van der Waals surface area contributed by atoms with Gasteiger partial charge in [-0.3, -0.25) is 19.5 Å². The van der Waals surface area contributed by atoms with Crippen LogP contribution in [0, 0.1) is 23.1 Å². The van der Waals surface area contributed by atoms with Gasteiger partial charge in [-0.25, -0.2) is 14.4 Å². The highest BCUT2D eigenvalue weighted by atomic mass is 19.1. The minimum absolute atomic E-state index is 0.111. The maximum Gasteiger partial charge on any atom is 0.238 e. The summed E-state index contributed by atoms with van der Waals surface area (Å²) < 4.78 is 22.3. The van der Waals surface area contributed by atoms with Gasteiger partial charge in [-0.15, -0.1) is 0 Å². The van der Waals surface area contributed by atoms with Crippen molar-refractivity contribution in [3.63, 3.8) is 0 Å². The van der Waals surface area contributed by atoms with Crippen molar-refractivity contribution in [3.05, 3.63) is 60.4 Å². The van der Waals surface area contributed by atoms with Gasteiger partial charge in [0.25, 0.3) is 0 Å². The highest BCUT2D eigenvalue weighted by Gasteiger charge is 2.57. The molecule has 3 saturated heterocycles. The van der Waals surface area contributed by atoms with Crippen LogP contribution in [0.2, 0.25) is 0 Å². The molecule has 1 spiro atoms. The summed E-state index contributed by atoms with van der Waals surface area (Å²) >= 11 is 0. The molecule has 3 aromatic heterocycles. The predicted molar refractivity (Wildman–Crippen MR) is 199 cm³/mol. The van der Waals surface area contributed by atoms with Gasteiger partial charge in [0.2, 0.25) is 11.8 Å². The van der Waals surface area contributed by atoms with Crippen LogP contribution in [0.15, 0.2) is 49.1 Å². The fourth-order valence-electron chi connectivity index (χ4n) is 10.1. The minimum atomic E-state index is -0.668. The molecule has 1 N–H and O–H groups in total. The van der Waals surface area contributed by atoms with Gasteiger partial charge in [-0.1, -0.05) is 12.1 Å². The number of imidazole rings is 1. The molecule has 7 heterocycles. The van der Waals surface area contributed by atoms with Gasteiger partial charge in [0.05, 0.1) is 53.5 Å². The summed E-state index contributed by atoms with van der Waals surface area (Å²) in [6, 6.07) is 10.7. The average Bonchev–Trinajstić information content (AvgIpc) is 3.75. The Kier molecular flexibility index (Phi) is 7.54. The van der Waals surface area contributed by atoms with Gasteiger partial charge in [0, 0.05) is 61.8 Å². The molecule has 11 nitrogen and oxygen atoms in total. The van der Waals surface area contributed by atoms with Crippen molar-refractivity contribution in [2.24, 2.45) is 17.3 Å². The lowest BCUT2D eigenvalue weighted by atomic mass is 9.72. The first-order valence-electron chi connectivity index (χ1n) is 19.5. The quantitative estimate of drug-likeness (QED) is 0.245. The Bertz CT molecular complexity index is 2120. The number of likely N-dealkylation sites (tertiary alicyclic amines) is 2. The Morgan fingerprint density at radius 1 is 1.04 bits per heavy atom. The number of hydrogen-bond donors (Lipinski definition) is 1. The molecule has 2 atom stereocenters. The van der Waals surface area contributed by atoms with E-state index in [1.807, 2.05) is 22.5 Å². The van der Waals surface area contributed by atoms with Crippen LogP contribution in [0.5, 0.6) is 0 Å². The molecular weight excluding hydrogens is 672 g/mol. The first-order chi connectivity index (χ1) is 25.6. The van der Waals surface area contributed by atoms with E-state index in [9.17, 15) is 14.0 Å². The lowest BCUT2D eigenvalue weighted by Gasteiger charge is -2.47. The summed E-state index contributed by atoms with van der Waals surface area (Å²) in [5, 5.41) is 3.24. The standard InChI is InChI=1S/C41H47FN8O3/c1-24(2)49-23-44-34-17-33(46-37(36(34)49)45-32-8-11-43-18-31(32)42)25-6-7-30-35(14-25)50(29-15-28(16-29)48-19-26-4-5-27(26)20-48)39(52)41(30)9-12-47(13-10-41)38(51)40(3)21-53-22-40/h6-8,11,14,17-18,23-24,26-29H,4-5,9-10,12-13,15-16,19-22H2,1-3H3,(H,43,45,46)/t26-,27+,28-,29+. The van der Waals surface area contributed by atoms with E-state index in [1.54, 1.807) is 18.6 Å². The van der Waals surface area contributed by atoms with Gasteiger partial charge in [0.15, 0.2) is 11.6 Å². The van der Waals surface area contributed by atoms with Crippen LogP contribution in [0.3, 0.4) is 0 Å². The molecular formula is C41H47FN8O3. The third kappa shape index (κ3) is 5.07. The molecule has 10 rings (SSSR count). The summed E-state index contributed by atoms with van der Waals surface area (Å²) in [7, 11) is 0. The van der Waals surface area contributed by atoms with Crippen LogP contribution in [-0.4, -0.2) is 92.6 Å². The van der Waals surface area contributed by atoms with Crippen molar-refractivity contribution in [2.45, 2.75) is 82.8 Å². The number of hydrogen-bond acceptors (Lipinski definition) is 8. The molecule has 6 aliphatic rings. The summed E-state index contributed by atoms with van der Waals surface area (Å²) in [5.74, 6) is 2.07. The molecule has 276 valence electrons. The van der Waals surface area contributed by atoms with Crippen molar-refractivity contribution in [3.8, 4) is 11.3 Å². The van der Waals surface area contributed by atoms with E-state index in [1.165, 1.54) is 32.1 Å². The third-order valence-corrected chi connectivity index (χ3v) is 13.6. The summed E-state index contributed by atoms with van der Waals surface area (Å²) in [6.07, 6.45) is 10.4. The fourth-order valence-corrected chi connectivity index (χ4v) is 10.1. The summed E-state index contributed by atoms with van der Waals surface area (Å²) in [6.45, 7) is 10.6. The lowest BCUT2D eigenvalue weighted by Crippen LogP contribution is -2.59. The number of nitrogens with one attached hydrogen (secondary N) is 1. The molecule has 2 amide bonds. The highest BCUT2D eigenvalue weighted by molar-refractivity contribution is 6.09. The first-order valence-corrected chi connectivity index (χ1v) is 19.5. The van der Waals surface area contributed by atoms with Crippen LogP contribution >= 0.6 is 0 Å². The molecule has 1 aromatic carbocycles. The Hall–Kier alpha value is -4.42. The lowest BCUT2D eigenvalue weighted by molar-refractivity contribution is -0.170. The number of pyridine rings is 2. The minimum Gasteiger partial charge on any atom is -0.379 e. The van der Waals surface area contributed by atoms with Crippen molar-refractivity contribution < 1.29 is 18.7 Å². The fraction of sp³-hybridized carbons (Fsp3) is 0.537. The molecule has 2 aliphatic carbocycles. The third-order valence-electron chi connectivity index (χ3n) is 13.6. The second kappa shape index (κ2) is 12.0. The van der Waals surface area contributed by atoms with Gasteiger partial charge in [0.1, 0.15) is 5.52 Å². The molecule has 53 heavy (non-hydrogen) atoms. The number of benzene rings is 1. The number of carbonyl (C=O) groups is 2. The zero-order valence-electron chi connectivity index (χ0n) is 30.7. The predicted octanol–water partition coefficient (Wildman–Crippen LogP) is 6.07. The molecule has 2 saturated carbocycles. The number of fused-ring (bicyclic) bond motifs is 4. The maximum absolute atomic E-state index is 14.9.